The fraction of sp³-hybridized carbons (Fsp3) is 0.617. The molecule has 0 bridgehead atoms. The van der Waals surface area contributed by atoms with Gasteiger partial charge < -0.3 is 43.2 Å². The molecule has 0 spiro atoms. The number of alkyl carbamates (subject to hydrolysis) is 1. The van der Waals surface area contributed by atoms with Crippen LogP contribution in [0.1, 0.15) is 99.5 Å². The number of imidazole rings is 1. The van der Waals surface area contributed by atoms with E-state index in [1.54, 1.807) is 52.6 Å². The van der Waals surface area contributed by atoms with Gasteiger partial charge in [0.15, 0.2) is 0 Å². The van der Waals surface area contributed by atoms with Crippen molar-refractivity contribution in [2.24, 2.45) is 5.41 Å². The Labute approximate surface area is 377 Å². The van der Waals surface area contributed by atoms with Crippen molar-refractivity contribution in [1.82, 2.24) is 19.8 Å². The molecule has 3 rings (SSSR count). The van der Waals surface area contributed by atoms with Gasteiger partial charge >= 0.3 is 12.1 Å². The molecular weight excluding hydrogens is 835 g/mol. The monoisotopic (exact) mass is 904 g/mol. The van der Waals surface area contributed by atoms with Gasteiger partial charge in [-0.25, -0.2) is 23.4 Å². The highest BCUT2D eigenvalue weighted by molar-refractivity contribution is 7.99. The predicted molar refractivity (Wildman–Crippen MR) is 242 cm³/mol. The molecule has 1 heterocycles. The predicted octanol–water partition coefficient (Wildman–Crippen LogP) is 8.63. The second-order valence-electron chi connectivity index (χ2n) is 18.1. The highest BCUT2D eigenvalue weighted by atomic mass is 32.2. The largest absolute Gasteiger partial charge is 0.458 e. The maximum atomic E-state index is 15.3. The van der Waals surface area contributed by atoms with Gasteiger partial charge in [0, 0.05) is 37.2 Å². The third kappa shape index (κ3) is 20.1. The maximum Gasteiger partial charge on any atom is 0.408 e. The molecule has 0 saturated carbocycles. The lowest BCUT2D eigenvalue weighted by molar-refractivity contribution is -0.158. The third-order valence-corrected chi connectivity index (χ3v) is 9.91. The number of nitrogens with zero attached hydrogens (tertiary/aromatic N) is 3. The van der Waals surface area contributed by atoms with E-state index in [9.17, 15) is 18.8 Å². The van der Waals surface area contributed by atoms with Gasteiger partial charge in [-0.3, -0.25) is 4.79 Å². The zero-order chi connectivity index (χ0) is 46.6. The third-order valence-electron chi connectivity index (χ3n) is 9.01. The molecule has 1 aromatic heterocycles. The number of aromatic nitrogens is 2. The fourth-order valence-corrected chi connectivity index (χ4v) is 7.10. The zero-order valence-electron chi connectivity index (χ0n) is 38.9. The van der Waals surface area contributed by atoms with Crippen LogP contribution < -0.4 is 5.32 Å². The lowest BCUT2D eigenvalue weighted by Crippen LogP contribution is -2.49. The van der Waals surface area contributed by atoms with Crippen LogP contribution >= 0.6 is 11.8 Å². The van der Waals surface area contributed by atoms with E-state index in [1.165, 1.54) is 11.8 Å². The SMILES string of the molecule is CCCOCCOCCOCCOCCSCC(=O)N(CC[C@H](NC(=O)OC(C)(C)C)C(=O)OC(C)(C)C)[C@@H](c1nc(-c2cc(F)ccc2F)cn1Cc1ccccc1)C(C)(C)C. The van der Waals surface area contributed by atoms with Gasteiger partial charge in [-0.05, 0) is 83.6 Å². The number of hydrogen-bond donors (Lipinski definition) is 1. The standard InChI is InChI=1S/C47H70F2N4O9S/c1-11-21-57-22-23-58-24-25-59-26-27-60-28-29-63-33-40(54)53(20-19-38(43(55)61-46(5,6)7)51-44(56)62-47(8,9)10)41(45(2,3)4)42-50-39(36-30-35(48)17-18-37(36)49)32-52(42)31-34-15-13-12-14-16-34/h12-18,30,32,38,41H,11,19-29,31,33H2,1-10H3,(H,51,56)/t38-,41-/m0/s1. The Bertz CT molecular complexity index is 1840. The Morgan fingerprint density at radius 3 is 1.95 bits per heavy atom. The Hall–Kier alpha value is -4.09. The van der Waals surface area contributed by atoms with Crippen molar-refractivity contribution in [3.8, 4) is 11.3 Å². The molecular formula is C47H70F2N4O9S. The molecule has 0 fully saturated rings. The van der Waals surface area contributed by atoms with Crippen molar-refractivity contribution in [1.29, 1.82) is 0 Å². The van der Waals surface area contributed by atoms with E-state index in [0.29, 0.717) is 64.4 Å². The molecule has 352 valence electrons. The number of nitrogens with one attached hydrogen (secondary N) is 1. The van der Waals surface area contributed by atoms with Crippen molar-refractivity contribution in [3.63, 3.8) is 0 Å². The summed E-state index contributed by atoms with van der Waals surface area (Å²) in [5.41, 5.74) is -1.33. The Balaban J connectivity index is 1.91. The minimum Gasteiger partial charge on any atom is -0.458 e. The van der Waals surface area contributed by atoms with Gasteiger partial charge in [-0.15, -0.1) is 11.8 Å². The summed E-state index contributed by atoms with van der Waals surface area (Å²) in [6.07, 6.45) is 1.78. The highest BCUT2D eigenvalue weighted by Gasteiger charge is 2.40. The first-order chi connectivity index (χ1) is 29.7. The molecule has 0 aliphatic rings. The molecule has 0 saturated heterocycles. The number of ether oxygens (including phenoxy) is 6. The van der Waals surface area contributed by atoms with E-state index < -0.39 is 52.4 Å². The summed E-state index contributed by atoms with van der Waals surface area (Å²) in [4.78, 5) is 48.0. The van der Waals surface area contributed by atoms with E-state index in [-0.39, 0.29) is 35.9 Å². The second-order valence-corrected chi connectivity index (χ2v) is 19.2. The van der Waals surface area contributed by atoms with Crippen LogP contribution in [0, 0.1) is 17.0 Å². The smallest absolute Gasteiger partial charge is 0.408 e. The van der Waals surface area contributed by atoms with Crippen molar-refractivity contribution >= 4 is 29.7 Å². The molecule has 2 aromatic carbocycles. The first-order valence-corrected chi connectivity index (χ1v) is 22.8. The summed E-state index contributed by atoms with van der Waals surface area (Å²) in [6.45, 7) is 22.4. The number of halogens is 2. The molecule has 0 radical (unpaired) electrons. The molecule has 2 atom stereocenters. The molecule has 0 unspecified atom stereocenters. The van der Waals surface area contributed by atoms with Crippen molar-refractivity contribution in [2.45, 2.75) is 112 Å². The first-order valence-electron chi connectivity index (χ1n) is 21.7. The average molecular weight is 905 g/mol. The van der Waals surface area contributed by atoms with E-state index in [4.69, 9.17) is 33.4 Å². The first kappa shape index (κ1) is 53.2. The van der Waals surface area contributed by atoms with Gasteiger partial charge in [0.05, 0.1) is 63.7 Å². The van der Waals surface area contributed by atoms with E-state index in [0.717, 1.165) is 36.8 Å². The van der Waals surface area contributed by atoms with Crippen LogP contribution in [0.25, 0.3) is 11.3 Å². The van der Waals surface area contributed by atoms with Crippen LogP contribution in [-0.4, -0.2) is 121 Å². The van der Waals surface area contributed by atoms with Crippen LogP contribution in [0.4, 0.5) is 13.6 Å². The van der Waals surface area contributed by atoms with Crippen molar-refractivity contribution < 1.29 is 51.6 Å². The lowest BCUT2D eigenvalue weighted by atomic mass is 9.84. The Kier molecular flexibility index (Phi) is 22.0. The molecule has 63 heavy (non-hydrogen) atoms. The minimum atomic E-state index is -1.19. The average Bonchev–Trinajstić information content (AvgIpc) is 3.58. The minimum absolute atomic E-state index is 0.0216. The van der Waals surface area contributed by atoms with Gasteiger partial charge in [0.1, 0.15) is 34.7 Å². The topological polar surface area (TPSA) is 140 Å². The van der Waals surface area contributed by atoms with Crippen LogP contribution in [0.5, 0.6) is 0 Å². The molecule has 0 aliphatic carbocycles. The molecule has 3 aromatic rings. The summed E-state index contributed by atoms with van der Waals surface area (Å²) in [6, 6.07) is 10.9. The molecule has 2 amide bonds. The number of amides is 2. The summed E-state index contributed by atoms with van der Waals surface area (Å²) in [5, 5.41) is 2.67. The molecule has 16 heteroatoms. The molecule has 1 N–H and O–H groups in total. The molecule has 0 aliphatic heterocycles. The summed E-state index contributed by atoms with van der Waals surface area (Å²) < 4.78 is 65.2. The number of esters is 1. The normalized spacial score (nSPS) is 13.1. The Morgan fingerprint density at radius 2 is 1.38 bits per heavy atom. The van der Waals surface area contributed by atoms with E-state index in [1.807, 2.05) is 55.7 Å². The van der Waals surface area contributed by atoms with Crippen molar-refractivity contribution in [2.75, 3.05) is 70.9 Å². The van der Waals surface area contributed by atoms with E-state index >= 15 is 4.39 Å². The zero-order valence-corrected chi connectivity index (χ0v) is 39.7. The summed E-state index contributed by atoms with van der Waals surface area (Å²) >= 11 is 1.38. The quantitative estimate of drug-likeness (QED) is 0.0612. The number of benzene rings is 2. The number of carbonyl (C=O) groups is 3. The van der Waals surface area contributed by atoms with Gasteiger partial charge in [-0.1, -0.05) is 58.0 Å². The Morgan fingerprint density at radius 1 is 0.794 bits per heavy atom. The summed E-state index contributed by atoms with van der Waals surface area (Å²) in [5.74, 6) is -1.25. The highest BCUT2D eigenvalue weighted by Crippen LogP contribution is 2.40. The molecule has 13 nitrogen and oxygen atoms in total. The van der Waals surface area contributed by atoms with Gasteiger partial charge in [0.25, 0.3) is 0 Å². The van der Waals surface area contributed by atoms with Crippen LogP contribution in [0.2, 0.25) is 0 Å². The second kappa shape index (κ2) is 26.0. The van der Waals surface area contributed by atoms with E-state index in [2.05, 4.69) is 12.2 Å². The fourth-order valence-electron chi connectivity index (χ4n) is 6.38. The van der Waals surface area contributed by atoms with Crippen LogP contribution in [0.3, 0.4) is 0 Å². The number of thioether (sulfide) groups is 1. The van der Waals surface area contributed by atoms with Crippen molar-refractivity contribution in [3.05, 3.63) is 77.8 Å². The lowest BCUT2D eigenvalue weighted by Gasteiger charge is -2.40. The van der Waals surface area contributed by atoms with Crippen LogP contribution in [-0.2, 0) is 44.6 Å². The maximum absolute atomic E-state index is 15.3. The number of hydrogen-bond acceptors (Lipinski definition) is 11. The number of rotatable bonds is 26. The van der Waals surface area contributed by atoms with Gasteiger partial charge in [0.2, 0.25) is 5.91 Å². The van der Waals surface area contributed by atoms with Gasteiger partial charge in [-0.2, -0.15) is 0 Å². The van der Waals surface area contributed by atoms with Crippen LogP contribution in [0.15, 0.2) is 54.7 Å². The summed E-state index contributed by atoms with van der Waals surface area (Å²) in [7, 11) is 0. The number of carbonyl (C=O) groups excluding carboxylic acids is 3.